The maximum Gasteiger partial charge on any atom is 0.177 e. The molecule has 0 saturated carbocycles. The Labute approximate surface area is 130 Å². The van der Waals surface area contributed by atoms with Gasteiger partial charge in [-0.15, -0.1) is 0 Å². The lowest BCUT2D eigenvalue weighted by Gasteiger charge is -2.11. The van der Waals surface area contributed by atoms with Crippen molar-refractivity contribution in [2.45, 2.75) is 16.6 Å². The van der Waals surface area contributed by atoms with Crippen molar-refractivity contribution in [2.24, 2.45) is 0 Å². The molecule has 0 aliphatic rings. The van der Waals surface area contributed by atoms with Gasteiger partial charge in [-0.05, 0) is 11.1 Å². The van der Waals surface area contributed by atoms with E-state index in [2.05, 4.69) is 44.0 Å². The van der Waals surface area contributed by atoms with Crippen LogP contribution in [-0.4, -0.2) is 15.4 Å². The molecule has 2 aromatic carbocycles. The van der Waals surface area contributed by atoms with Crippen LogP contribution in [0.15, 0.2) is 54.6 Å². The number of benzene rings is 2. The van der Waals surface area contributed by atoms with Crippen LogP contribution in [0.4, 0.5) is 0 Å². The molecule has 1 nitrogen and oxygen atoms in total. The van der Waals surface area contributed by atoms with Crippen molar-refractivity contribution in [3.63, 3.8) is 0 Å². The fourth-order valence-electron chi connectivity index (χ4n) is 1.83. The minimum atomic E-state index is -0.199. The first-order valence-electron chi connectivity index (χ1n) is 6.07. The van der Waals surface area contributed by atoms with Gasteiger partial charge in [-0.1, -0.05) is 93.4 Å². The zero-order valence-corrected chi connectivity index (χ0v) is 13.7. The van der Waals surface area contributed by atoms with Crippen LogP contribution in [0, 0.1) is 0 Å². The Morgan fingerprint density at radius 3 is 1.95 bits per heavy atom. The Balaban J connectivity index is 2.22. The highest BCUT2D eigenvalue weighted by Gasteiger charge is 2.21. The van der Waals surface area contributed by atoms with Gasteiger partial charge in [0.25, 0.3) is 0 Å². The van der Waals surface area contributed by atoms with Gasteiger partial charge in [0, 0.05) is 10.4 Å². The fraction of sp³-hybridized carbons (Fsp3) is 0.188. The standard InChI is InChI=1S/C16H14Br2O/c1-11(17)15(18)16(19)14-9-7-13(8-10-14)12-5-3-2-4-6-12/h2-11,15H,1H3/t11-,15-/m1/s1. The summed E-state index contributed by atoms with van der Waals surface area (Å²) < 4.78 is 0. The Hall–Kier alpha value is -0.930. The topological polar surface area (TPSA) is 17.1 Å². The van der Waals surface area contributed by atoms with Crippen molar-refractivity contribution < 1.29 is 4.79 Å². The number of Topliss-reactive ketones (excluding diaryl/α,β-unsaturated/α-hetero) is 1. The molecule has 0 bridgehead atoms. The monoisotopic (exact) mass is 380 g/mol. The molecule has 0 fully saturated rings. The van der Waals surface area contributed by atoms with E-state index in [0.29, 0.717) is 0 Å². The summed E-state index contributed by atoms with van der Waals surface area (Å²) in [6.07, 6.45) is 0. The molecule has 0 aliphatic heterocycles. The zero-order chi connectivity index (χ0) is 13.8. The summed E-state index contributed by atoms with van der Waals surface area (Å²) in [7, 11) is 0. The molecule has 0 aliphatic carbocycles. The molecule has 2 atom stereocenters. The molecule has 98 valence electrons. The van der Waals surface area contributed by atoms with Gasteiger partial charge in [-0.25, -0.2) is 0 Å². The predicted molar refractivity (Wildman–Crippen MR) is 87.3 cm³/mol. The van der Waals surface area contributed by atoms with Crippen molar-refractivity contribution in [1.29, 1.82) is 0 Å². The molecular weight excluding hydrogens is 368 g/mol. The van der Waals surface area contributed by atoms with Crippen molar-refractivity contribution in [3.05, 3.63) is 60.2 Å². The van der Waals surface area contributed by atoms with Crippen LogP contribution in [0.1, 0.15) is 17.3 Å². The molecule has 0 radical (unpaired) electrons. The van der Waals surface area contributed by atoms with E-state index >= 15 is 0 Å². The van der Waals surface area contributed by atoms with Crippen LogP contribution in [-0.2, 0) is 0 Å². The normalized spacial score (nSPS) is 13.8. The quantitative estimate of drug-likeness (QED) is 0.532. The second-order valence-electron chi connectivity index (χ2n) is 4.39. The lowest BCUT2D eigenvalue weighted by molar-refractivity contribution is 0.0992. The molecular formula is C16H14Br2O. The summed E-state index contributed by atoms with van der Waals surface area (Å²) in [5.74, 6) is 0.101. The van der Waals surface area contributed by atoms with Crippen LogP contribution in [0.25, 0.3) is 11.1 Å². The number of carbonyl (C=O) groups is 1. The number of alkyl halides is 2. The Bertz CT molecular complexity index is 547. The molecule has 19 heavy (non-hydrogen) atoms. The predicted octanol–water partition coefficient (Wildman–Crippen LogP) is 5.08. The van der Waals surface area contributed by atoms with Crippen LogP contribution in [0.2, 0.25) is 0 Å². The number of ketones is 1. The van der Waals surface area contributed by atoms with E-state index in [1.165, 1.54) is 0 Å². The van der Waals surface area contributed by atoms with Gasteiger partial charge >= 0.3 is 0 Å². The van der Waals surface area contributed by atoms with Gasteiger partial charge in [-0.2, -0.15) is 0 Å². The Kier molecular flexibility index (Phi) is 4.94. The second-order valence-corrected chi connectivity index (χ2v) is 6.82. The van der Waals surface area contributed by atoms with Crippen molar-refractivity contribution >= 4 is 37.6 Å². The number of hydrogen-bond donors (Lipinski definition) is 0. The third-order valence-corrected chi connectivity index (χ3v) is 5.38. The van der Waals surface area contributed by atoms with E-state index in [0.717, 1.165) is 16.7 Å². The van der Waals surface area contributed by atoms with Crippen molar-refractivity contribution in [3.8, 4) is 11.1 Å². The zero-order valence-electron chi connectivity index (χ0n) is 10.5. The van der Waals surface area contributed by atoms with Crippen LogP contribution in [0.3, 0.4) is 0 Å². The highest BCUT2D eigenvalue weighted by Crippen LogP contribution is 2.22. The minimum Gasteiger partial charge on any atom is -0.293 e. The van der Waals surface area contributed by atoms with E-state index in [-0.39, 0.29) is 15.4 Å². The highest BCUT2D eigenvalue weighted by molar-refractivity contribution is 9.12. The van der Waals surface area contributed by atoms with E-state index < -0.39 is 0 Å². The van der Waals surface area contributed by atoms with Gasteiger partial charge in [-0.3, -0.25) is 4.79 Å². The molecule has 0 unspecified atom stereocenters. The third kappa shape index (κ3) is 3.54. The SMILES string of the molecule is C[C@@H](Br)[C@@H](Br)C(=O)c1ccc(-c2ccccc2)cc1. The lowest BCUT2D eigenvalue weighted by atomic mass is 10.0. The third-order valence-electron chi connectivity index (χ3n) is 2.93. The summed E-state index contributed by atoms with van der Waals surface area (Å²) >= 11 is 6.83. The summed E-state index contributed by atoms with van der Waals surface area (Å²) in [6.45, 7) is 1.95. The van der Waals surface area contributed by atoms with E-state index in [4.69, 9.17) is 0 Å². The molecule has 0 amide bonds. The van der Waals surface area contributed by atoms with Gasteiger partial charge in [0.15, 0.2) is 5.78 Å². The minimum absolute atomic E-state index is 0.101. The first-order chi connectivity index (χ1) is 9.09. The number of halogens is 2. The number of hydrogen-bond acceptors (Lipinski definition) is 1. The maximum atomic E-state index is 12.2. The fourth-order valence-corrected chi connectivity index (χ4v) is 2.33. The van der Waals surface area contributed by atoms with Crippen molar-refractivity contribution in [2.75, 3.05) is 0 Å². The van der Waals surface area contributed by atoms with Gasteiger partial charge in [0.05, 0.1) is 4.83 Å². The van der Waals surface area contributed by atoms with Crippen LogP contribution >= 0.6 is 31.9 Å². The molecule has 3 heteroatoms. The van der Waals surface area contributed by atoms with E-state index in [9.17, 15) is 4.79 Å². The largest absolute Gasteiger partial charge is 0.293 e. The first kappa shape index (κ1) is 14.5. The summed E-state index contributed by atoms with van der Waals surface area (Å²) in [5, 5.41) is 0. The summed E-state index contributed by atoms with van der Waals surface area (Å²) in [5.41, 5.74) is 3.01. The molecule has 2 aromatic rings. The van der Waals surface area contributed by atoms with Gasteiger partial charge in [0.2, 0.25) is 0 Å². The lowest BCUT2D eigenvalue weighted by Crippen LogP contribution is -2.21. The van der Waals surface area contributed by atoms with E-state index in [1.807, 2.05) is 49.4 Å². The average molecular weight is 382 g/mol. The Morgan fingerprint density at radius 2 is 1.42 bits per heavy atom. The Morgan fingerprint density at radius 1 is 0.895 bits per heavy atom. The molecule has 0 N–H and O–H groups in total. The average Bonchev–Trinajstić information content (AvgIpc) is 2.46. The highest BCUT2D eigenvalue weighted by atomic mass is 79.9. The summed E-state index contributed by atoms with van der Waals surface area (Å²) in [6, 6.07) is 17.9. The number of rotatable bonds is 4. The molecule has 0 aromatic heterocycles. The van der Waals surface area contributed by atoms with Crippen molar-refractivity contribution in [1.82, 2.24) is 0 Å². The molecule has 0 saturated heterocycles. The van der Waals surface area contributed by atoms with Gasteiger partial charge in [0.1, 0.15) is 0 Å². The molecule has 0 heterocycles. The number of carbonyl (C=O) groups excluding carboxylic acids is 1. The van der Waals surface area contributed by atoms with E-state index in [1.54, 1.807) is 0 Å². The second kappa shape index (κ2) is 6.49. The molecule has 2 rings (SSSR count). The summed E-state index contributed by atoms with van der Waals surface area (Å²) in [4.78, 5) is 12.1. The first-order valence-corrected chi connectivity index (χ1v) is 7.90. The van der Waals surface area contributed by atoms with Gasteiger partial charge < -0.3 is 0 Å². The van der Waals surface area contributed by atoms with Crippen LogP contribution in [0.5, 0.6) is 0 Å². The van der Waals surface area contributed by atoms with Crippen LogP contribution < -0.4 is 0 Å². The molecule has 0 spiro atoms. The maximum absolute atomic E-state index is 12.2. The smallest absolute Gasteiger partial charge is 0.177 e.